The summed E-state index contributed by atoms with van der Waals surface area (Å²) in [4.78, 5) is 22.3. The van der Waals surface area contributed by atoms with E-state index < -0.39 is 24.1 Å². The van der Waals surface area contributed by atoms with Gasteiger partial charge in [0.1, 0.15) is 18.4 Å². The highest BCUT2D eigenvalue weighted by Crippen LogP contribution is 2.31. The van der Waals surface area contributed by atoms with Crippen molar-refractivity contribution in [2.24, 2.45) is 5.16 Å². The molecule has 0 bridgehead atoms. The SMILES string of the molecule is CC(=O)OC[C@@H]1O[C@@H](c2ccccc2)C/C(=N/O)[C@H]1OC(C)=O. The number of nitrogens with zero attached hydrogens (tertiary/aromatic N) is 1. The molecule has 1 aliphatic heterocycles. The molecule has 23 heavy (non-hydrogen) atoms. The molecular formula is C16H19NO6. The topological polar surface area (TPSA) is 94.4 Å². The maximum atomic E-state index is 11.3. The largest absolute Gasteiger partial charge is 0.463 e. The summed E-state index contributed by atoms with van der Waals surface area (Å²) in [6.45, 7) is 2.43. The van der Waals surface area contributed by atoms with Gasteiger partial charge < -0.3 is 19.4 Å². The van der Waals surface area contributed by atoms with Gasteiger partial charge in [-0.25, -0.2) is 0 Å². The Morgan fingerprint density at radius 2 is 1.96 bits per heavy atom. The van der Waals surface area contributed by atoms with Crippen LogP contribution in [0, 0.1) is 0 Å². The van der Waals surface area contributed by atoms with Gasteiger partial charge in [-0.15, -0.1) is 0 Å². The monoisotopic (exact) mass is 321 g/mol. The first-order valence-corrected chi connectivity index (χ1v) is 7.23. The van der Waals surface area contributed by atoms with E-state index >= 15 is 0 Å². The van der Waals surface area contributed by atoms with E-state index in [2.05, 4.69) is 5.16 Å². The van der Waals surface area contributed by atoms with Crippen LogP contribution >= 0.6 is 0 Å². The molecule has 0 aromatic heterocycles. The van der Waals surface area contributed by atoms with Gasteiger partial charge in [0.25, 0.3) is 0 Å². The molecule has 1 aromatic carbocycles. The molecule has 0 spiro atoms. The van der Waals surface area contributed by atoms with E-state index in [-0.39, 0.29) is 24.8 Å². The minimum atomic E-state index is -0.892. The predicted molar refractivity (Wildman–Crippen MR) is 80.1 cm³/mol. The Bertz CT molecular complexity index is 585. The number of rotatable bonds is 4. The highest BCUT2D eigenvalue weighted by molar-refractivity contribution is 5.91. The van der Waals surface area contributed by atoms with Gasteiger partial charge in [-0.1, -0.05) is 35.5 Å². The van der Waals surface area contributed by atoms with E-state index in [1.165, 1.54) is 13.8 Å². The molecule has 0 unspecified atom stereocenters. The smallest absolute Gasteiger partial charge is 0.303 e. The second kappa shape index (κ2) is 7.73. The highest BCUT2D eigenvalue weighted by atomic mass is 16.6. The number of oxime groups is 1. The van der Waals surface area contributed by atoms with Gasteiger partial charge in [-0.2, -0.15) is 0 Å². The number of ether oxygens (including phenoxy) is 3. The van der Waals surface area contributed by atoms with Crippen LogP contribution in [-0.2, 0) is 23.8 Å². The third-order valence-corrected chi connectivity index (χ3v) is 3.44. The summed E-state index contributed by atoms with van der Waals surface area (Å²) in [6.07, 6.45) is -1.74. The van der Waals surface area contributed by atoms with E-state index in [0.29, 0.717) is 0 Å². The number of esters is 2. The maximum absolute atomic E-state index is 11.3. The fraction of sp³-hybridized carbons (Fsp3) is 0.438. The Labute approximate surface area is 133 Å². The zero-order valence-corrected chi connectivity index (χ0v) is 13.0. The van der Waals surface area contributed by atoms with Crippen LogP contribution in [0.5, 0.6) is 0 Å². The van der Waals surface area contributed by atoms with Crippen LogP contribution in [0.2, 0.25) is 0 Å². The summed E-state index contributed by atoms with van der Waals surface area (Å²) < 4.78 is 16.1. The van der Waals surface area contributed by atoms with E-state index in [1.54, 1.807) is 0 Å². The molecule has 7 heteroatoms. The number of hydrogen-bond acceptors (Lipinski definition) is 7. The van der Waals surface area contributed by atoms with Crippen molar-refractivity contribution in [2.45, 2.75) is 38.6 Å². The first kappa shape index (κ1) is 17.0. The second-order valence-corrected chi connectivity index (χ2v) is 5.20. The Kier molecular flexibility index (Phi) is 5.70. The van der Waals surface area contributed by atoms with Crippen molar-refractivity contribution >= 4 is 17.7 Å². The van der Waals surface area contributed by atoms with Crippen LogP contribution in [0.3, 0.4) is 0 Å². The first-order valence-electron chi connectivity index (χ1n) is 7.23. The molecule has 0 amide bonds. The van der Waals surface area contributed by atoms with Crippen LogP contribution in [0.4, 0.5) is 0 Å². The molecule has 1 N–H and O–H groups in total. The molecule has 0 aliphatic carbocycles. The third kappa shape index (κ3) is 4.53. The van der Waals surface area contributed by atoms with Crippen molar-refractivity contribution in [3.05, 3.63) is 35.9 Å². The van der Waals surface area contributed by atoms with Gasteiger partial charge >= 0.3 is 11.9 Å². The molecule has 1 aliphatic rings. The minimum Gasteiger partial charge on any atom is -0.463 e. The highest BCUT2D eigenvalue weighted by Gasteiger charge is 2.40. The molecule has 0 radical (unpaired) electrons. The molecule has 1 aromatic rings. The van der Waals surface area contributed by atoms with Gasteiger partial charge in [0, 0.05) is 20.3 Å². The van der Waals surface area contributed by atoms with Crippen molar-refractivity contribution in [3.8, 4) is 0 Å². The zero-order chi connectivity index (χ0) is 16.8. The van der Waals surface area contributed by atoms with Crippen LogP contribution < -0.4 is 0 Å². The lowest BCUT2D eigenvalue weighted by molar-refractivity contribution is -0.165. The summed E-state index contributed by atoms with van der Waals surface area (Å²) in [5, 5.41) is 12.5. The van der Waals surface area contributed by atoms with Gasteiger partial charge in [-0.3, -0.25) is 9.59 Å². The Morgan fingerprint density at radius 1 is 1.26 bits per heavy atom. The van der Waals surface area contributed by atoms with Crippen molar-refractivity contribution in [2.75, 3.05) is 6.61 Å². The Balaban J connectivity index is 2.23. The van der Waals surface area contributed by atoms with Crippen molar-refractivity contribution in [3.63, 3.8) is 0 Å². The third-order valence-electron chi connectivity index (χ3n) is 3.44. The van der Waals surface area contributed by atoms with Crippen LogP contribution in [0.1, 0.15) is 31.9 Å². The van der Waals surface area contributed by atoms with Crippen LogP contribution in [-0.4, -0.2) is 41.7 Å². The van der Waals surface area contributed by atoms with Crippen molar-refractivity contribution in [1.29, 1.82) is 0 Å². The number of carbonyl (C=O) groups is 2. The van der Waals surface area contributed by atoms with E-state index in [0.717, 1.165) is 5.56 Å². The fourth-order valence-corrected chi connectivity index (χ4v) is 2.46. The summed E-state index contributed by atoms with van der Waals surface area (Å²) in [5.41, 5.74) is 1.17. The van der Waals surface area contributed by atoms with Crippen molar-refractivity contribution in [1.82, 2.24) is 0 Å². The average molecular weight is 321 g/mol. The molecule has 124 valence electrons. The Morgan fingerprint density at radius 3 is 2.52 bits per heavy atom. The maximum Gasteiger partial charge on any atom is 0.303 e. The number of hydrogen-bond donors (Lipinski definition) is 1. The van der Waals surface area contributed by atoms with Gasteiger partial charge in [0.05, 0.1) is 6.10 Å². The molecular weight excluding hydrogens is 302 g/mol. The number of carbonyl (C=O) groups excluding carboxylic acids is 2. The molecule has 1 saturated heterocycles. The summed E-state index contributed by atoms with van der Waals surface area (Å²) in [6, 6.07) is 9.39. The van der Waals surface area contributed by atoms with Gasteiger partial charge in [0.15, 0.2) is 6.10 Å². The Hall–Kier alpha value is -2.41. The fourth-order valence-electron chi connectivity index (χ4n) is 2.46. The lowest BCUT2D eigenvalue weighted by Crippen LogP contribution is -2.48. The van der Waals surface area contributed by atoms with Gasteiger partial charge in [-0.05, 0) is 5.56 Å². The van der Waals surface area contributed by atoms with Crippen molar-refractivity contribution < 1.29 is 29.0 Å². The molecule has 1 fully saturated rings. The predicted octanol–water partition coefficient (Wildman–Crippen LogP) is 1.84. The molecule has 1 heterocycles. The van der Waals surface area contributed by atoms with Gasteiger partial charge in [0.2, 0.25) is 0 Å². The van der Waals surface area contributed by atoms with E-state index in [9.17, 15) is 14.8 Å². The summed E-state index contributed by atoms with van der Waals surface area (Å²) >= 11 is 0. The minimum absolute atomic E-state index is 0.102. The number of benzene rings is 1. The average Bonchev–Trinajstić information content (AvgIpc) is 2.53. The zero-order valence-electron chi connectivity index (χ0n) is 13.0. The quantitative estimate of drug-likeness (QED) is 0.516. The van der Waals surface area contributed by atoms with Crippen LogP contribution in [0.25, 0.3) is 0 Å². The lowest BCUT2D eigenvalue weighted by Gasteiger charge is -2.36. The molecule has 0 saturated carbocycles. The normalized spacial score (nSPS) is 25.8. The van der Waals surface area contributed by atoms with Crippen LogP contribution in [0.15, 0.2) is 35.5 Å². The summed E-state index contributed by atoms with van der Waals surface area (Å²) in [5.74, 6) is -1.01. The lowest BCUT2D eigenvalue weighted by atomic mass is 9.94. The molecule has 3 atom stereocenters. The molecule has 7 nitrogen and oxygen atoms in total. The van der Waals surface area contributed by atoms with E-state index in [1.807, 2.05) is 30.3 Å². The second-order valence-electron chi connectivity index (χ2n) is 5.20. The first-order chi connectivity index (χ1) is 11.0. The summed E-state index contributed by atoms with van der Waals surface area (Å²) in [7, 11) is 0. The standard InChI is InChI=1S/C16H19NO6/c1-10(18)21-9-15-16(22-11(2)19)13(17-20)8-14(23-15)12-6-4-3-5-7-12/h3-7,14-16,20H,8-9H2,1-2H3/b17-13-/t14-,15+,16-/m1/s1. The molecule has 2 rings (SSSR count). The van der Waals surface area contributed by atoms with E-state index in [4.69, 9.17) is 14.2 Å².